The van der Waals surface area contributed by atoms with Gasteiger partial charge in [0, 0.05) is 17.0 Å². The standard InChI is InChI=1S/C17H13F3N2O3S/c18-17(19,20)9-1-6-13-12(7-9)22-16(25)14(26-13)8-15(24)21-10-2-4-11(23)5-3-10/h1-7,14,23H,8H2,(H,21,24)(H,22,25)/t14-/m1/s1. The highest BCUT2D eigenvalue weighted by molar-refractivity contribution is 8.01. The lowest BCUT2D eigenvalue weighted by Crippen LogP contribution is -2.32. The first-order chi connectivity index (χ1) is 12.2. The van der Waals surface area contributed by atoms with Crippen LogP contribution in [-0.4, -0.2) is 22.2 Å². The summed E-state index contributed by atoms with van der Waals surface area (Å²) in [5, 5.41) is 13.5. The molecule has 26 heavy (non-hydrogen) atoms. The van der Waals surface area contributed by atoms with Gasteiger partial charge in [0.25, 0.3) is 0 Å². The maximum atomic E-state index is 12.7. The van der Waals surface area contributed by atoms with Crippen LogP contribution in [0.4, 0.5) is 24.5 Å². The number of halogens is 3. The summed E-state index contributed by atoms with van der Waals surface area (Å²) >= 11 is 1.05. The molecule has 0 spiro atoms. The lowest BCUT2D eigenvalue weighted by molar-refractivity contribution is -0.137. The van der Waals surface area contributed by atoms with Crippen molar-refractivity contribution in [2.45, 2.75) is 22.7 Å². The summed E-state index contributed by atoms with van der Waals surface area (Å²) in [6.45, 7) is 0. The van der Waals surface area contributed by atoms with Gasteiger partial charge in [-0.25, -0.2) is 0 Å². The number of hydrogen-bond donors (Lipinski definition) is 3. The second-order valence-electron chi connectivity index (χ2n) is 5.60. The van der Waals surface area contributed by atoms with Gasteiger partial charge in [-0.1, -0.05) is 0 Å². The highest BCUT2D eigenvalue weighted by Crippen LogP contribution is 2.40. The molecular weight excluding hydrogens is 369 g/mol. The van der Waals surface area contributed by atoms with Gasteiger partial charge in [-0.2, -0.15) is 13.2 Å². The summed E-state index contributed by atoms with van der Waals surface area (Å²) in [6, 6.07) is 8.94. The van der Waals surface area contributed by atoms with Crippen LogP contribution in [0.5, 0.6) is 5.75 Å². The molecule has 3 rings (SSSR count). The van der Waals surface area contributed by atoms with E-state index in [0.717, 1.165) is 23.9 Å². The second-order valence-corrected chi connectivity index (χ2v) is 6.85. The summed E-state index contributed by atoms with van der Waals surface area (Å²) < 4.78 is 38.2. The van der Waals surface area contributed by atoms with Gasteiger partial charge in [0.15, 0.2) is 0 Å². The molecule has 0 unspecified atom stereocenters. The minimum Gasteiger partial charge on any atom is -0.508 e. The lowest BCUT2D eigenvalue weighted by Gasteiger charge is -2.24. The number of fused-ring (bicyclic) bond motifs is 1. The summed E-state index contributed by atoms with van der Waals surface area (Å²) in [7, 11) is 0. The van der Waals surface area contributed by atoms with Crippen molar-refractivity contribution in [2.24, 2.45) is 0 Å². The molecule has 0 bridgehead atoms. The minimum atomic E-state index is -4.49. The van der Waals surface area contributed by atoms with Crippen LogP contribution in [0.1, 0.15) is 12.0 Å². The Hall–Kier alpha value is -2.68. The van der Waals surface area contributed by atoms with Gasteiger partial charge in [-0.05, 0) is 42.5 Å². The molecule has 0 aromatic heterocycles. The van der Waals surface area contributed by atoms with Crippen LogP contribution in [0.2, 0.25) is 0 Å². The van der Waals surface area contributed by atoms with Crippen molar-refractivity contribution in [3.8, 4) is 5.75 Å². The van der Waals surface area contributed by atoms with E-state index in [1.807, 2.05) is 0 Å². The average molecular weight is 382 g/mol. The normalized spacial score (nSPS) is 16.6. The molecule has 1 atom stereocenters. The summed E-state index contributed by atoms with van der Waals surface area (Å²) in [5.74, 6) is -0.888. The third kappa shape index (κ3) is 4.10. The first kappa shape index (κ1) is 18.1. The van der Waals surface area contributed by atoms with E-state index in [9.17, 15) is 27.9 Å². The van der Waals surface area contributed by atoms with Crippen LogP contribution in [0.3, 0.4) is 0 Å². The molecule has 1 aliphatic rings. The van der Waals surface area contributed by atoms with Crippen LogP contribution in [0.15, 0.2) is 47.4 Å². The molecule has 1 aliphatic heterocycles. The Bertz CT molecular complexity index is 853. The van der Waals surface area contributed by atoms with Crippen molar-refractivity contribution in [3.05, 3.63) is 48.0 Å². The van der Waals surface area contributed by atoms with Crippen LogP contribution >= 0.6 is 11.8 Å². The molecule has 9 heteroatoms. The molecule has 0 fully saturated rings. The number of rotatable bonds is 3. The Kier molecular flexibility index (Phi) is 4.82. The number of aromatic hydroxyl groups is 1. The van der Waals surface area contributed by atoms with Crippen LogP contribution in [0, 0.1) is 0 Å². The van der Waals surface area contributed by atoms with Crippen molar-refractivity contribution in [2.75, 3.05) is 10.6 Å². The fraction of sp³-hybridized carbons (Fsp3) is 0.176. The van der Waals surface area contributed by atoms with Crippen molar-refractivity contribution in [1.82, 2.24) is 0 Å². The predicted octanol–water partition coefficient (Wildman–Crippen LogP) is 3.85. The van der Waals surface area contributed by atoms with Gasteiger partial charge in [-0.3, -0.25) is 9.59 Å². The Morgan fingerprint density at radius 1 is 1.19 bits per heavy atom. The monoisotopic (exact) mass is 382 g/mol. The quantitative estimate of drug-likeness (QED) is 0.705. The van der Waals surface area contributed by atoms with Crippen molar-refractivity contribution in [1.29, 1.82) is 0 Å². The maximum absolute atomic E-state index is 12.7. The van der Waals surface area contributed by atoms with Crippen molar-refractivity contribution >= 4 is 35.0 Å². The van der Waals surface area contributed by atoms with Gasteiger partial charge in [-0.15, -0.1) is 11.8 Å². The van der Waals surface area contributed by atoms with E-state index < -0.39 is 28.8 Å². The topological polar surface area (TPSA) is 78.4 Å². The first-order valence-electron chi connectivity index (χ1n) is 7.50. The highest BCUT2D eigenvalue weighted by atomic mass is 32.2. The fourth-order valence-corrected chi connectivity index (χ4v) is 3.48. The van der Waals surface area contributed by atoms with E-state index in [4.69, 9.17) is 0 Å². The lowest BCUT2D eigenvalue weighted by atomic mass is 10.1. The van der Waals surface area contributed by atoms with Gasteiger partial charge >= 0.3 is 6.18 Å². The summed E-state index contributed by atoms with van der Waals surface area (Å²) in [6.07, 6.45) is -4.64. The van der Waals surface area contributed by atoms with E-state index in [1.54, 1.807) is 0 Å². The number of carbonyl (C=O) groups is 2. The average Bonchev–Trinajstić information content (AvgIpc) is 2.56. The molecule has 2 aromatic rings. The fourth-order valence-electron chi connectivity index (χ4n) is 2.39. The van der Waals surface area contributed by atoms with Gasteiger partial charge in [0.05, 0.1) is 16.5 Å². The van der Waals surface area contributed by atoms with Gasteiger partial charge < -0.3 is 15.7 Å². The number of nitrogens with one attached hydrogen (secondary N) is 2. The molecule has 2 amide bonds. The predicted molar refractivity (Wildman–Crippen MR) is 91.1 cm³/mol. The third-order valence-electron chi connectivity index (χ3n) is 3.65. The molecule has 136 valence electrons. The van der Waals surface area contributed by atoms with Crippen molar-refractivity contribution in [3.63, 3.8) is 0 Å². The number of phenolic OH excluding ortho intramolecular Hbond substituents is 1. The van der Waals surface area contributed by atoms with Crippen LogP contribution in [0.25, 0.3) is 0 Å². The van der Waals surface area contributed by atoms with Crippen LogP contribution in [-0.2, 0) is 15.8 Å². The molecule has 0 saturated heterocycles. The molecule has 0 aliphatic carbocycles. The Labute approximate surface area is 150 Å². The number of amides is 2. The van der Waals surface area contributed by atoms with E-state index in [2.05, 4.69) is 10.6 Å². The zero-order chi connectivity index (χ0) is 18.9. The number of hydrogen-bond acceptors (Lipinski definition) is 4. The molecule has 2 aromatic carbocycles. The molecular formula is C17H13F3N2O3S. The molecule has 1 heterocycles. The number of benzene rings is 2. The van der Waals surface area contributed by atoms with Crippen LogP contribution < -0.4 is 10.6 Å². The number of alkyl halides is 3. The number of thioether (sulfide) groups is 1. The van der Waals surface area contributed by atoms with Gasteiger partial charge in [0.2, 0.25) is 11.8 Å². The number of carbonyl (C=O) groups excluding carboxylic acids is 2. The third-order valence-corrected chi connectivity index (χ3v) is 4.92. The maximum Gasteiger partial charge on any atom is 0.416 e. The Balaban J connectivity index is 1.68. The zero-order valence-corrected chi connectivity index (χ0v) is 13.9. The van der Waals surface area contributed by atoms with E-state index in [1.165, 1.54) is 30.3 Å². The molecule has 0 radical (unpaired) electrons. The SMILES string of the molecule is O=C(C[C@H]1Sc2ccc(C(F)(F)F)cc2NC1=O)Nc1ccc(O)cc1. The van der Waals surface area contributed by atoms with Gasteiger partial charge in [0.1, 0.15) is 5.75 Å². The van der Waals surface area contributed by atoms with E-state index in [0.29, 0.717) is 10.6 Å². The Morgan fingerprint density at radius 3 is 2.54 bits per heavy atom. The number of phenols is 1. The first-order valence-corrected chi connectivity index (χ1v) is 8.38. The van der Waals surface area contributed by atoms with Crippen molar-refractivity contribution < 1.29 is 27.9 Å². The molecule has 3 N–H and O–H groups in total. The molecule has 0 saturated carbocycles. The Morgan fingerprint density at radius 2 is 1.88 bits per heavy atom. The summed E-state index contributed by atoms with van der Waals surface area (Å²) in [5.41, 5.74) is -0.296. The van der Waals surface area contributed by atoms with E-state index >= 15 is 0 Å². The smallest absolute Gasteiger partial charge is 0.416 e. The second kappa shape index (κ2) is 6.91. The summed E-state index contributed by atoms with van der Waals surface area (Å²) in [4.78, 5) is 24.7. The molecule has 5 nitrogen and oxygen atoms in total. The minimum absolute atomic E-state index is 0.0556. The number of anilines is 2. The largest absolute Gasteiger partial charge is 0.508 e. The van der Waals surface area contributed by atoms with E-state index in [-0.39, 0.29) is 17.9 Å². The zero-order valence-electron chi connectivity index (χ0n) is 13.1. The highest BCUT2D eigenvalue weighted by Gasteiger charge is 2.34.